The molecule has 1 aliphatic heterocycles. The van der Waals surface area contributed by atoms with Crippen LogP contribution in [-0.2, 0) is 11.2 Å². The Kier molecular flexibility index (Phi) is 7.10. The van der Waals surface area contributed by atoms with Crippen LogP contribution in [0.2, 0.25) is 0 Å². The summed E-state index contributed by atoms with van der Waals surface area (Å²) in [6.45, 7) is 0.770. The van der Waals surface area contributed by atoms with E-state index in [4.69, 9.17) is 14.6 Å². The quantitative estimate of drug-likeness (QED) is 0.798. The number of carboxylic acid groups (broad SMARTS) is 1. The van der Waals surface area contributed by atoms with Crippen LogP contribution >= 0.6 is 0 Å². The zero-order valence-corrected chi connectivity index (χ0v) is 14.9. The minimum atomic E-state index is -5.08. The smallest absolute Gasteiger partial charge is 0.481 e. The number of carboxylic acids is 1. The van der Waals surface area contributed by atoms with E-state index in [1.165, 1.54) is 6.33 Å². The van der Waals surface area contributed by atoms with Gasteiger partial charge in [-0.2, -0.15) is 13.2 Å². The van der Waals surface area contributed by atoms with Crippen molar-refractivity contribution < 1.29 is 32.9 Å². The van der Waals surface area contributed by atoms with E-state index in [1.807, 2.05) is 18.3 Å². The van der Waals surface area contributed by atoms with Crippen molar-refractivity contribution in [1.29, 1.82) is 0 Å². The number of ether oxygens (including phenoxy) is 1. The molecule has 0 saturated carbocycles. The standard InChI is InChI=1S/C15H18N4O2.C2HF3O2/c1-21-15-8-14(17-10-18-15)19-6-4-13(20)12(19)7-11-3-2-5-16-9-11;3-2(4,5)1(6)7/h2-3,5,8-10,12-13,20H,4,6-7H2,1H3;(H,6,7)/t12-,13+;/m0./s1. The van der Waals surface area contributed by atoms with Crippen LogP contribution in [0, 0.1) is 0 Å². The number of nitrogens with zero attached hydrogens (tertiary/aromatic N) is 4. The molecule has 3 rings (SSSR count). The molecule has 2 aromatic heterocycles. The Hall–Kier alpha value is -2.95. The van der Waals surface area contributed by atoms with Crippen molar-refractivity contribution in [3.8, 4) is 5.88 Å². The number of aliphatic carboxylic acids is 1. The molecule has 0 spiro atoms. The fourth-order valence-corrected chi connectivity index (χ4v) is 2.73. The fourth-order valence-electron chi connectivity index (χ4n) is 2.73. The summed E-state index contributed by atoms with van der Waals surface area (Å²) in [5.41, 5.74) is 1.11. The third-order valence-electron chi connectivity index (χ3n) is 4.05. The van der Waals surface area contributed by atoms with Gasteiger partial charge in [-0.15, -0.1) is 0 Å². The molecule has 2 atom stereocenters. The van der Waals surface area contributed by atoms with Gasteiger partial charge in [0.1, 0.15) is 12.1 Å². The van der Waals surface area contributed by atoms with Crippen LogP contribution < -0.4 is 9.64 Å². The summed E-state index contributed by atoms with van der Waals surface area (Å²) < 4.78 is 36.9. The number of pyridine rings is 1. The van der Waals surface area contributed by atoms with Gasteiger partial charge in [0.25, 0.3) is 0 Å². The maximum absolute atomic E-state index is 10.6. The number of aromatic nitrogens is 3. The summed E-state index contributed by atoms with van der Waals surface area (Å²) in [6.07, 6.45) is 1.09. The molecule has 1 aliphatic rings. The number of rotatable bonds is 4. The Balaban J connectivity index is 0.000000345. The highest BCUT2D eigenvalue weighted by Crippen LogP contribution is 2.27. The van der Waals surface area contributed by atoms with Crippen LogP contribution in [0.15, 0.2) is 36.9 Å². The molecule has 2 aromatic rings. The predicted molar refractivity (Wildman–Crippen MR) is 92.0 cm³/mol. The van der Waals surface area contributed by atoms with Gasteiger partial charge in [0.15, 0.2) is 0 Å². The van der Waals surface area contributed by atoms with Crippen molar-refractivity contribution >= 4 is 11.8 Å². The number of carbonyl (C=O) groups is 1. The monoisotopic (exact) mass is 400 g/mol. The van der Waals surface area contributed by atoms with E-state index >= 15 is 0 Å². The zero-order chi connectivity index (χ0) is 20.7. The van der Waals surface area contributed by atoms with Crippen LogP contribution in [0.4, 0.5) is 19.0 Å². The van der Waals surface area contributed by atoms with Crippen LogP contribution in [0.25, 0.3) is 0 Å². The average molecular weight is 400 g/mol. The number of hydrogen-bond acceptors (Lipinski definition) is 7. The fraction of sp³-hybridized carbons (Fsp3) is 0.412. The van der Waals surface area contributed by atoms with E-state index in [1.54, 1.807) is 19.4 Å². The van der Waals surface area contributed by atoms with Crippen molar-refractivity contribution in [2.24, 2.45) is 0 Å². The maximum atomic E-state index is 10.6. The van der Waals surface area contributed by atoms with Crippen LogP contribution in [0.5, 0.6) is 5.88 Å². The van der Waals surface area contributed by atoms with Gasteiger partial charge >= 0.3 is 12.1 Å². The third kappa shape index (κ3) is 5.78. The molecule has 0 aliphatic carbocycles. The summed E-state index contributed by atoms with van der Waals surface area (Å²) in [7, 11) is 1.58. The molecule has 0 amide bonds. The second-order valence-corrected chi connectivity index (χ2v) is 5.90. The summed E-state index contributed by atoms with van der Waals surface area (Å²) >= 11 is 0. The SMILES string of the molecule is COc1cc(N2CC[C@@H](O)[C@@H]2Cc2cccnc2)ncn1.O=C(O)C(F)(F)F. The first-order valence-electron chi connectivity index (χ1n) is 8.22. The van der Waals surface area contributed by atoms with Crippen LogP contribution in [0.1, 0.15) is 12.0 Å². The Morgan fingerprint density at radius 3 is 2.68 bits per heavy atom. The predicted octanol–water partition coefficient (Wildman–Crippen LogP) is 1.70. The summed E-state index contributed by atoms with van der Waals surface area (Å²) in [5.74, 6) is -1.44. The highest BCUT2D eigenvalue weighted by molar-refractivity contribution is 5.73. The van der Waals surface area contributed by atoms with E-state index in [0.717, 1.165) is 30.8 Å². The first kappa shape index (κ1) is 21.4. The third-order valence-corrected chi connectivity index (χ3v) is 4.05. The van der Waals surface area contributed by atoms with Crippen molar-refractivity contribution in [1.82, 2.24) is 15.0 Å². The van der Waals surface area contributed by atoms with Gasteiger partial charge in [-0.3, -0.25) is 4.98 Å². The normalized spacial score (nSPS) is 19.0. The van der Waals surface area contributed by atoms with Gasteiger partial charge in [-0.1, -0.05) is 6.07 Å². The minimum absolute atomic E-state index is 0.00574. The molecule has 1 saturated heterocycles. The topological polar surface area (TPSA) is 109 Å². The molecule has 152 valence electrons. The summed E-state index contributed by atoms with van der Waals surface area (Å²) in [5, 5.41) is 17.4. The largest absolute Gasteiger partial charge is 0.490 e. The number of methoxy groups -OCH3 is 1. The van der Waals surface area contributed by atoms with Crippen LogP contribution in [0.3, 0.4) is 0 Å². The van der Waals surface area contributed by atoms with Crippen molar-refractivity contribution in [2.45, 2.75) is 31.2 Å². The van der Waals surface area contributed by atoms with Gasteiger partial charge in [-0.25, -0.2) is 14.8 Å². The molecule has 11 heteroatoms. The second kappa shape index (κ2) is 9.31. The second-order valence-electron chi connectivity index (χ2n) is 5.90. The molecule has 8 nitrogen and oxygen atoms in total. The minimum Gasteiger partial charge on any atom is -0.481 e. The average Bonchev–Trinajstić information content (AvgIpc) is 3.03. The summed E-state index contributed by atoms with van der Waals surface area (Å²) in [6, 6.07) is 5.73. The number of aliphatic hydroxyl groups excluding tert-OH is 1. The molecular formula is C17H19F3N4O4. The van der Waals surface area contributed by atoms with Crippen molar-refractivity contribution in [3.63, 3.8) is 0 Å². The van der Waals surface area contributed by atoms with E-state index in [-0.39, 0.29) is 12.1 Å². The molecule has 3 heterocycles. The Bertz CT molecular complexity index is 776. The lowest BCUT2D eigenvalue weighted by Crippen LogP contribution is -2.37. The number of anilines is 1. The molecule has 0 unspecified atom stereocenters. The lowest BCUT2D eigenvalue weighted by atomic mass is 10.0. The molecule has 0 radical (unpaired) electrons. The van der Waals surface area contributed by atoms with Crippen molar-refractivity contribution in [3.05, 3.63) is 42.5 Å². The van der Waals surface area contributed by atoms with Gasteiger partial charge in [0, 0.05) is 25.0 Å². The van der Waals surface area contributed by atoms with Gasteiger partial charge in [-0.05, 0) is 24.5 Å². The van der Waals surface area contributed by atoms with Gasteiger partial charge in [0.2, 0.25) is 5.88 Å². The highest BCUT2D eigenvalue weighted by Gasteiger charge is 2.38. The number of alkyl halides is 3. The van der Waals surface area contributed by atoms with E-state index in [2.05, 4.69) is 19.9 Å². The number of aliphatic hydroxyl groups is 1. The molecular weight excluding hydrogens is 381 g/mol. The Labute approximate surface area is 158 Å². The molecule has 0 aromatic carbocycles. The first-order valence-corrected chi connectivity index (χ1v) is 8.22. The lowest BCUT2D eigenvalue weighted by molar-refractivity contribution is -0.192. The van der Waals surface area contributed by atoms with E-state index in [0.29, 0.717) is 5.88 Å². The zero-order valence-electron chi connectivity index (χ0n) is 14.9. The van der Waals surface area contributed by atoms with Gasteiger partial charge in [0.05, 0.1) is 19.3 Å². The van der Waals surface area contributed by atoms with E-state index in [9.17, 15) is 18.3 Å². The molecule has 2 N–H and O–H groups in total. The van der Waals surface area contributed by atoms with Crippen molar-refractivity contribution in [2.75, 3.05) is 18.6 Å². The van der Waals surface area contributed by atoms with Crippen LogP contribution in [-0.4, -0.2) is 63.1 Å². The highest BCUT2D eigenvalue weighted by atomic mass is 19.4. The molecule has 1 fully saturated rings. The number of halogens is 3. The van der Waals surface area contributed by atoms with Gasteiger partial charge < -0.3 is 19.8 Å². The summed E-state index contributed by atoms with van der Waals surface area (Å²) in [4.78, 5) is 23.5. The first-order chi connectivity index (χ1) is 13.2. The molecule has 28 heavy (non-hydrogen) atoms. The lowest BCUT2D eigenvalue weighted by Gasteiger charge is -2.27. The van der Waals surface area contributed by atoms with E-state index < -0.39 is 12.1 Å². The Morgan fingerprint density at radius 1 is 1.39 bits per heavy atom. The Morgan fingerprint density at radius 2 is 2.11 bits per heavy atom. The number of hydrogen-bond donors (Lipinski definition) is 2. The maximum Gasteiger partial charge on any atom is 0.490 e. The molecule has 0 bridgehead atoms.